The van der Waals surface area contributed by atoms with Gasteiger partial charge < -0.3 is 15.0 Å². The minimum Gasteiger partial charge on any atom is -0.496 e. The molecule has 4 nitrogen and oxygen atoms in total. The van der Waals surface area contributed by atoms with Gasteiger partial charge >= 0.3 is 0 Å². The SMILES string of the molecule is COc1cccc(Br)c1C(=O)NC1CCN(C)CC1. The number of nitrogens with zero attached hydrogens (tertiary/aromatic N) is 1. The summed E-state index contributed by atoms with van der Waals surface area (Å²) in [4.78, 5) is 14.6. The summed E-state index contributed by atoms with van der Waals surface area (Å²) in [5.41, 5.74) is 0.573. The second-order valence-corrected chi connectivity index (χ2v) is 5.72. The molecule has 0 aromatic heterocycles. The minimum atomic E-state index is -0.0705. The highest BCUT2D eigenvalue weighted by atomic mass is 79.9. The van der Waals surface area contributed by atoms with Gasteiger partial charge in [0.2, 0.25) is 0 Å². The summed E-state index contributed by atoms with van der Waals surface area (Å²) in [5, 5.41) is 3.10. The lowest BCUT2D eigenvalue weighted by molar-refractivity contribution is 0.0913. The van der Waals surface area contributed by atoms with Crippen LogP contribution in [-0.4, -0.2) is 44.1 Å². The Kier molecular flexibility index (Phi) is 4.82. The summed E-state index contributed by atoms with van der Waals surface area (Å²) >= 11 is 3.41. The van der Waals surface area contributed by atoms with E-state index in [1.54, 1.807) is 13.2 Å². The van der Waals surface area contributed by atoms with Gasteiger partial charge in [0.25, 0.3) is 5.91 Å². The summed E-state index contributed by atoms with van der Waals surface area (Å²) < 4.78 is 6.02. The quantitative estimate of drug-likeness (QED) is 0.926. The fourth-order valence-electron chi connectivity index (χ4n) is 2.31. The zero-order chi connectivity index (χ0) is 13.8. The van der Waals surface area contributed by atoms with Crippen molar-refractivity contribution < 1.29 is 9.53 Å². The zero-order valence-electron chi connectivity index (χ0n) is 11.3. The molecule has 0 saturated carbocycles. The van der Waals surface area contributed by atoms with E-state index in [2.05, 4.69) is 33.2 Å². The molecule has 1 aromatic rings. The van der Waals surface area contributed by atoms with Crippen molar-refractivity contribution in [2.45, 2.75) is 18.9 Å². The van der Waals surface area contributed by atoms with Crippen LogP contribution in [0.2, 0.25) is 0 Å². The monoisotopic (exact) mass is 326 g/mol. The van der Waals surface area contributed by atoms with Crippen molar-refractivity contribution in [1.29, 1.82) is 0 Å². The number of rotatable bonds is 3. The molecule has 1 amide bonds. The summed E-state index contributed by atoms with van der Waals surface area (Å²) in [6.45, 7) is 2.05. The Bertz CT molecular complexity index is 457. The predicted octanol–water partition coefficient (Wildman–Crippen LogP) is 2.28. The van der Waals surface area contributed by atoms with Crippen LogP contribution in [0.15, 0.2) is 22.7 Å². The van der Waals surface area contributed by atoms with Crippen molar-refractivity contribution in [2.75, 3.05) is 27.2 Å². The molecule has 1 aliphatic rings. The number of piperidine rings is 1. The smallest absolute Gasteiger partial charge is 0.256 e. The van der Waals surface area contributed by atoms with Crippen molar-refractivity contribution in [2.24, 2.45) is 0 Å². The number of benzene rings is 1. The molecule has 0 unspecified atom stereocenters. The third-order valence-corrected chi connectivity index (χ3v) is 4.14. The Morgan fingerprint density at radius 3 is 2.74 bits per heavy atom. The second kappa shape index (κ2) is 6.39. The number of hydrogen-bond acceptors (Lipinski definition) is 3. The van der Waals surface area contributed by atoms with Gasteiger partial charge in [-0.2, -0.15) is 0 Å². The van der Waals surface area contributed by atoms with Crippen molar-refractivity contribution >= 4 is 21.8 Å². The number of hydrogen-bond donors (Lipinski definition) is 1. The van der Waals surface area contributed by atoms with Gasteiger partial charge in [-0.05, 0) is 61.0 Å². The molecular weight excluding hydrogens is 308 g/mol. The van der Waals surface area contributed by atoms with Crippen LogP contribution in [0.5, 0.6) is 5.75 Å². The first-order chi connectivity index (χ1) is 9.11. The summed E-state index contributed by atoms with van der Waals surface area (Å²) in [7, 11) is 3.68. The highest BCUT2D eigenvalue weighted by molar-refractivity contribution is 9.10. The van der Waals surface area contributed by atoms with Crippen LogP contribution in [0.4, 0.5) is 0 Å². The van der Waals surface area contributed by atoms with Gasteiger partial charge in [0.1, 0.15) is 5.75 Å². The van der Waals surface area contributed by atoms with E-state index in [-0.39, 0.29) is 11.9 Å². The van der Waals surface area contributed by atoms with Crippen molar-refractivity contribution in [3.05, 3.63) is 28.2 Å². The Morgan fingerprint density at radius 1 is 1.42 bits per heavy atom. The molecule has 0 atom stereocenters. The highest BCUT2D eigenvalue weighted by Crippen LogP contribution is 2.26. The zero-order valence-corrected chi connectivity index (χ0v) is 12.9. The molecule has 0 radical (unpaired) electrons. The van der Waals surface area contributed by atoms with Gasteiger partial charge in [-0.3, -0.25) is 4.79 Å². The van der Waals surface area contributed by atoms with E-state index in [1.165, 1.54) is 0 Å². The molecule has 1 aliphatic heterocycles. The molecule has 2 rings (SSSR count). The first kappa shape index (κ1) is 14.3. The van der Waals surface area contributed by atoms with Crippen LogP contribution < -0.4 is 10.1 Å². The molecule has 1 saturated heterocycles. The van der Waals surface area contributed by atoms with Crippen LogP contribution in [0.1, 0.15) is 23.2 Å². The van der Waals surface area contributed by atoms with E-state index in [9.17, 15) is 4.79 Å². The van der Waals surface area contributed by atoms with Crippen LogP contribution in [0.3, 0.4) is 0 Å². The van der Waals surface area contributed by atoms with Gasteiger partial charge in [-0.15, -0.1) is 0 Å². The molecule has 1 fully saturated rings. The Balaban J connectivity index is 2.08. The lowest BCUT2D eigenvalue weighted by Gasteiger charge is -2.29. The number of nitrogens with one attached hydrogen (secondary N) is 1. The standard InChI is InChI=1S/C14H19BrN2O2/c1-17-8-6-10(7-9-17)16-14(18)13-11(15)4-3-5-12(13)19-2/h3-5,10H,6-9H2,1-2H3,(H,16,18). The van der Waals surface area contributed by atoms with Gasteiger partial charge in [0, 0.05) is 10.5 Å². The largest absolute Gasteiger partial charge is 0.496 e. The Morgan fingerprint density at radius 2 is 2.11 bits per heavy atom. The first-order valence-corrected chi connectivity index (χ1v) is 7.23. The van der Waals surface area contributed by atoms with Crippen molar-refractivity contribution in [3.8, 4) is 5.75 Å². The molecule has 104 valence electrons. The maximum atomic E-state index is 12.4. The molecule has 19 heavy (non-hydrogen) atoms. The normalized spacial score (nSPS) is 17.2. The number of methoxy groups -OCH3 is 1. The lowest BCUT2D eigenvalue weighted by atomic mass is 10.0. The van der Waals surface area contributed by atoms with Crippen LogP contribution in [-0.2, 0) is 0 Å². The average molecular weight is 327 g/mol. The van der Waals surface area contributed by atoms with E-state index in [4.69, 9.17) is 4.74 Å². The maximum absolute atomic E-state index is 12.4. The third kappa shape index (κ3) is 3.48. The number of ether oxygens (including phenoxy) is 1. The number of likely N-dealkylation sites (tertiary alicyclic amines) is 1. The number of carbonyl (C=O) groups is 1. The Hall–Kier alpha value is -1.07. The summed E-state index contributed by atoms with van der Waals surface area (Å²) in [5.74, 6) is 0.527. The predicted molar refractivity (Wildman–Crippen MR) is 78.7 cm³/mol. The number of halogens is 1. The van der Waals surface area contributed by atoms with E-state index in [1.807, 2.05) is 12.1 Å². The van der Waals surface area contributed by atoms with Crippen LogP contribution in [0.25, 0.3) is 0 Å². The van der Waals surface area contributed by atoms with Gasteiger partial charge in [-0.1, -0.05) is 6.07 Å². The van der Waals surface area contributed by atoms with Gasteiger partial charge in [-0.25, -0.2) is 0 Å². The van der Waals surface area contributed by atoms with Gasteiger partial charge in [0.05, 0.1) is 12.7 Å². The van der Waals surface area contributed by atoms with E-state index in [0.29, 0.717) is 11.3 Å². The highest BCUT2D eigenvalue weighted by Gasteiger charge is 2.22. The molecule has 1 N–H and O–H groups in total. The molecule has 0 spiro atoms. The molecule has 1 heterocycles. The van der Waals surface area contributed by atoms with Crippen LogP contribution in [0, 0.1) is 0 Å². The first-order valence-electron chi connectivity index (χ1n) is 6.43. The van der Waals surface area contributed by atoms with E-state index >= 15 is 0 Å². The van der Waals surface area contributed by atoms with E-state index in [0.717, 1.165) is 30.4 Å². The third-order valence-electron chi connectivity index (χ3n) is 3.48. The number of amides is 1. The fraction of sp³-hybridized carbons (Fsp3) is 0.500. The molecule has 5 heteroatoms. The summed E-state index contributed by atoms with van der Waals surface area (Å²) in [6.07, 6.45) is 1.99. The van der Waals surface area contributed by atoms with Crippen molar-refractivity contribution in [1.82, 2.24) is 10.2 Å². The average Bonchev–Trinajstić information content (AvgIpc) is 2.40. The number of carbonyl (C=O) groups excluding carboxylic acids is 1. The maximum Gasteiger partial charge on any atom is 0.256 e. The molecule has 0 bridgehead atoms. The Labute approximate surface area is 122 Å². The second-order valence-electron chi connectivity index (χ2n) is 4.87. The summed E-state index contributed by atoms with van der Waals surface area (Å²) in [6, 6.07) is 5.76. The van der Waals surface area contributed by atoms with Gasteiger partial charge in [0.15, 0.2) is 0 Å². The molecular formula is C14H19BrN2O2. The lowest BCUT2D eigenvalue weighted by Crippen LogP contribution is -2.43. The molecule has 0 aliphatic carbocycles. The molecule has 1 aromatic carbocycles. The fourth-order valence-corrected chi connectivity index (χ4v) is 2.83. The topological polar surface area (TPSA) is 41.6 Å². The van der Waals surface area contributed by atoms with E-state index < -0.39 is 0 Å². The van der Waals surface area contributed by atoms with Crippen molar-refractivity contribution in [3.63, 3.8) is 0 Å². The minimum absolute atomic E-state index is 0.0705. The van der Waals surface area contributed by atoms with Crippen LogP contribution >= 0.6 is 15.9 Å².